The third-order valence-corrected chi connectivity index (χ3v) is 4.31. The van der Waals surface area contributed by atoms with Gasteiger partial charge in [-0.05, 0) is 49.2 Å². The van der Waals surface area contributed by atoms with Crippen molar-refractivity contribution in [1.29, 1.82) is 0 Å². The molecule has 1 aromatic heterocycles. The summed E-state index contributed by atoms with van der Waals surface area (Å²) in [6.07, 6.45) is 0.794. The summed E-state index contributed by atoms with van der Waals surface area (Å²) >= 11 is 6.09. The van der Waals surface area contributed by atoms with Crippen molar-refractivity contribution in [3.8, 4) is 11.4 Å². The summed E-state index contributed by atoms with van der Waals surface area (Å²) in [5.41, 5.74) is 2.92. The highest BCUT2D eigenvalue weighted by molar-refractivity contribution is 6.30. The molecule has 0 bridgehead atoms. The largest absolute Gasteiger partial charge is 0.289 e. The van der Waals surface area contributed by atoms with Gasteiger partial charge in [0.05, 0.1) is 10.9 Å². The Hall–Kier alpha value is -2.13. The molecule has 4 heteroatoms. The molecular weight excluding hydrogens is 284 g/mol. The van der Waals surface area contributed by atoms with E-state index in [1.54, 1.807) is 4.57 Å². The topological polar surface area (TPSA) is 34.9 Å². The van der Waals surface area contributed by atoms with Gasteiger partial charge >= 0.3 is 0 Å². The van der Waals surface area contributed by atoms with Crippen LogP contribution in [0.2, 0.25) is 5.02 Å². The second kappa shape index (κ2) is 4.43. The summed E-state index contributed by atoms with van der Waals surface area (Å²) < 4.78 is 1.80. The van der Waals surface area contributed by atoms with Gasteiger partial charge in [0.1, 0.15) is 5.82 Å². The molecule has 0 amide bonds. The molecule has 2 aromatic carbocycles. The molecule has 3 nitrogen and oxygen atoms in total. The number of halogens is 1. The van der Waals surface area contributed by atoms with Crippen molar-refractivity contribution in [2.75, 3.05) is 0 Å². The van der Waals surface area contributed by atoms with Gasteiger partial charge in [-0.1, -0.05) is 23.7 Å². The summed E-state index contributed by atoms with van der Waals surface area (Å²) in [6.45, 7) is 2.05. The van der Waals surface area contributed by atoms with E-state index in [-0.39, 0.29) is 11.6 Å². The first kappa shape index (κ1) is 12.6. The van der Waals surface area contributed by atoms with Crippen molar-refractivity contribution in [2.24, 2.45) is 0 Å². The lowest BCUT2D eigenvalue weighted by Crippen LogP contribution is -2.30. The molecule has 2 heterocycles. The Morgan fingerprint density at radius 3 is 2.90 bits per heavy atom. The zero-order valence-corrected chi connectivity index (χ0v) is 12.3. The van der Waals surface area contributed by atoms with E-state index >= 15 is 0 Å². The van der Waals surface area contributed by atoms with E-state index in [9.17, 15) is 4.79 Å². The highest BCUT2D eigenvalue weighted by Gasteiger charge is 2.24. The van der Waals surface area contributed by atoms with Crippen LogP contribution in [0.15, 0.2) is 47.3 Å². The van der Waals surface area contributed by atoms with E-state index in [0.29, 0.717) is 5.39 Å². The van der Waals surface area contributed by atoms with Gasteiger partial charge in [0.25, 0.3) is 5.56 Å². The standard InChI is InChI=1S/C17H13ClN2O/c1-10-8-11-9-12(18)6-7-13(11)16-19-15-5-3-2-4-14(15)17(21)20(10)16/h2-7,9-10H,8H2,1H3. The maximum atomic E-state index is 12.8. The van der Waals surface area contributed by atoms with Crippen LogP contribution in [0.4, 0.5) is 0 Å². The molecule has 0 saturated carbocycles. The second-order valence-electron chi connectivity index (χ2n) is 5.48. The zero-order valence-electron chi connectivity index (χ0n) is 11.5. The summed E-state index contributed by atoms with van der Waals surface area (Å²) in [4.78, 5) is 17.5. The lowest BCUT2D eigenvalue weighted by molar-refractivity contribution is 0.517. The van der Waals surface area contributed by atoms with Crippen LogP contribution in [-0.4, -0.2) is 9.55 Å². The van der Waals surface area contributed by atoms with Gasteiger partial charge in [0, 0.05) is 16.6 Å². The third kappa shape index (κ3) is 1.81. The molecule has 1 aliphatic rings. The van der Waals surface area contributed by atoms with E-state index in [1.807, 2.05) is 49.4 Å². The fourth-order valence-corrected chi connectivity index (χ4v) is 3.30. The van der Waals surface area contributed by atoms with Gasteiger partial charge in [0.2, 0.25) is 0 Å². The summed E-state index contributed by atoms with van der Waals surface area (Å²) in [5.74, 6) is 0.740. The predicted octanol–water partition coefficient (Wildman–Crippen LogP) is 3.83. The molecule has 0 spiro atoms. The van der Waals surface area contributed by atoms with Gasteiger partial charge in [-0.25, -0.2) is 4.98 Å². The van der Waals surface area contributed by atoms with Crippen molar-refractivity contribution < 1.29 is 0 Å². The molecule has 3 aromatic rings. The van der Waals surface area contributed by atoms with E-state index in [1.165, 1.54) is 0 Å². The average Bonchev–Trinajstić information content (AvgIpc) is 2.47. The van der Waals surface area contributed by atoms with Crippen molar-refractivity contribution >= 4 is 22.5 Å². The summed E-state index contributed by atoms with van der Waals surface area (Å²) in [6, 6.07) is 13.3. The first-order valence-electron chi connectivity index (χ1n) is 6.95. The van der Waals surface area contributed by atoms with Crippen LogP contribution in [0, 0.1) is 0 Å². The highest BCUT2D eigenvalue weighted by atomic mass is 35.5. The van der Waals surface area contributed by atoms with Crippen LogP contribution in [-0.2, 0) is 6.42 Å². The van der Waals surface area contributed by atoms with Gasteiger partial charge in [-0.3, -0.25) is 9.36 Å². The Bertz CT molecular complexity index is 930. The maximum absolute atomic E-state index is 12.8. The van der Waals surface area contributed by atoms with Gasteiger partial charge in [-0.15, -0.1) is 0 Å². The molecule has 0 radical (unpaired) electrons. The Labute approximate surface area is 126 Å². The molecular formula is C17H13ClN2O. The minimum absolute atomic E-state index is 0.0312. The molecule has 1 atom stereocenters. The first-order chi connectivity index (χ1) is 10.1. The number of nitrogens with zero attached hydrogens (tertiary/aromatic N) is 2. The van der Waals surface area contributed by atoms with E-state index in [4.69, 9.17) is 16.6 Å². The van der Waals surface area contributed by atoms with Crippen molar-refractivity contribution in [3.63, 3.8) is 0 Å². The average molecular weight is 297 g/mol. The van der Waals surface area contributed by atoms with Gasteiger partial charge in [0.15, 0.2) is 0 Å². The van der Waals surface area contributed by atoms with E-state index < -0.39 is 0 Å². The van der Waals surface area contributed by atoms with Crippen LogP contribution >= 0.6 is 11.6 Å². The molecule has 0 aliphatic carbocycles. The number of hydrogen-bond donors (Lipinski definition) is 0. The quantitative estimate of drug-likeness (QED) is 0.632. The molecule has 0 saturated heterocycles. The van der Waals surface area contributed by atoms with Crippen LogP contribution < -0.4 is 5.56 Å². The molecule has 0 fully saturated rings. The number of hydrogen-bond acceptors (Lipinski definition) is 2. The SMILES string of the molecule is CC1Cc2cc(Cl)ccc2-c2nc3ccccc3c(=O)n21. The molecule has 104 valence electrons. The molecule has 21 heavy (non-hydrogen) atoms. The van der Waals surface area contributed by atoms with Crippen LogP contribution in [0.5, 0.6) is 0 Å². The smallest absolute Gasteiger partial charge is 0.261 e. The minimum atomic E-state index is 0.0312. The molecule has 4 rings (SSSR count). The number of benzene rings is 2. The predicted molar refractivity (Wildman–Crippen MR) is 84.9 cm³/mol. The Kier molecular flexibility index (Phi) is 2.66. The number of rotatable bonds is 0. The fourth-order valence-electron chi connectivity index (χ4n) is 3.10. The Morgan fingerprint density at radius 2 is 2.05 bits per heavy atom. The van der Waals surface area contributed by atoms with Gasteiger partial charge in [-0.2, -0.15) is 0 Å². The third-order valence-electron chi connectivity index (χ3n) is 4.07. The normalized spacial score (nSPS) is 16.6. The Balaban J connectivity index is 2.14. The van der Waals surface area contributed by atoms with Crippen LogP contribution in [0.3, 0.4) is 0 Å². The molecule has 1 aliphatic heterocycles. The number of aromatic nitrogens is 2. The van der Waals surface area contributed by atoms with Gasteiger partial charge < -0.3 is 0 Å². The van der Waals surface area contributed by atoms with Crippen LogP contribution in [0.25, 0.3) is 22.3 Å². The molecule has 0 N–H and O–H groups in total. The Morgan fingerprint density at radius 1 is 1.24 bits per heavy atom. The first-order valence-corrected chi connectivity index (χ1v) is 7.33. The number of para-hydroxylation sites is 1. The summed E-state index contributed by atoms with van der Waals surface area (Å²) in [7, 11) is 0. The monoisotopic (exact) mass is 296 g/mol. The van der Waals surface area contributed by atoms with E-state index in [2.05, 4.69) is 0 Å². The van der Waals surface area contributed by atoms with Crippen molar-refractivity contribution in [2.45, 2.75) is 19.4 Å². The zero-order chi connectivity index (χ0) is 14.6. The van der Waals surface area contributed by atoms with Crippen molar-refractivity contribution in [1.82, 2.24) is 9.55 Å². The highest BCUT2D eigenvalue weighted by Crippen LogP contribution is 2.34. The minimum Gasteiger partial charge on any atom is -0.289 e. The maximum Gasteiger partial charge on any atom is 0.261 e. The van der Waals surface area contributed by atoms with E-state index in [0.717, 1.165) is 33.9 Å². The fraction of sp³-hybridized carbons (Fsp3) is 0.176. The lowest BCUT2D eigenvalue weighted by atomic mass is 9.95. The van der Waals surface area contributed by atoms with Crippen molar-refractivity contribution in [3.05, 3.63) is 63.4 Å². The second-order valence-corrected chi connectivity index (χ2v) is 5.92. The number of fused-ring (bicyclic) bond motifs is 4. The molecule has 1 unspecified atom stereocenters. The summed E-state index contributed by atoms with van der Waals surface area (Å²) in [5, 5.41) is 1.39. The lowest BCUT2D eigenvalue weighted by Gasteiger charge is -2.27. The van der Waals surface area contributed by atoms with Crippen LogP contribution in [0.1, 0.15) is 18.5 Å².